The number of aliphatic hydroxyl groups excluding tert-OH is 1. The SMILES string of the molecule is CC1CN(Cc2ccncc2)C(CO)C(=O)N1. The Balaban J connectivity index is 2.09. The van der Waals surface area contributed by atoms with E-state index in [1.807, 2.05) is 24.0 Å². The van der Waals surface area contributed by atoms with Crippen molar-refractivity contribution >= 4 is 5.91 Å². The Kier molecular flexibility index (Phi) is 3.71. The van der Waals surface area contributed by atoms with Crippen LogP contribution in [0.4, 0.5) is 0 Å². The standard InChI is InChI=1S/C12H17N3O2/c1-9-6-15(11(8-16)12(17)14-9)7-10-2-4-13-5-3-10/h2-5,9,11,16H,6-8H2,1H3,(H,14,17). The van der Waals surface area contributed by atoms with Crippen molar-refractivity contribution in [1.29, 1.82) is 0 Å². The predicted octanol–water partition coefficient (Wildman–Crippen LogP) is -0.237. The van der Waals surface area contributed by atoms with Crippen molar-refractivity contribution in [2.45, 2.75) is 25.6 Å². The van der Waals surface area contributed by atoms with Gasteiger partial charge in [0.2, 0.25) is 5.91 Å². The third-order valence-electron chi connectivity index (χ3n) is 2.95. The fourth-order valence-electron chi connectivity index (χ4n) is 2.13. The van der Waals surface area contributed by atoms with Crippen LogP contribution in [0.1, 0.15) is 12.5 Å². The molecule has 2 heterocycles. The van der Waals surface area contributed by atoms with Crippen LogP contribution in [0.15, 0.2) is 24.5 Å². The number of aliphatic hydroxyl groups is 1. The van der Waals surface area contributed by atoms with Crippen LogP contribution in [0.5, 0.6) is 0 Å². The van der Waals surface area contributed by atoms with E-state index in [4.69, 9.17) is 0 Å². The van der Waals surface area contributed by atoms with E-state index in [2.05, 4.69) is 10.3 Å². The highest BCUT2D eigenvalue weighted by molar-refractivity contribution is 5.83. The molecular formula is C12H17N3O2. The summed E-state index contributed by atoms with van der Waals surface area (Å²) in [5, 5.41) is 12.1. The van der Waals surface area contributed by atoms with Crippen LogP contribution in [0.3, 0.4) is 0 Å². The molecule has 0 radical (unpaired) electrons. The lowest BCUT2D eigenvalue weighted by molar-refractivity contribution is -0.132. The average molecular weight is 235 g/mol. The number of nitrogens with zero attached hydrogens (tertiary/aromatic N) is 2. The summed E-state index contributed by atoms with van der Waals surface area (Å²) < 4.78 is 0. The third-order valence-corrected chi connectivity index (χ3v) is 2.95. The van der Waals surface area contributed by atoms with Crippen LogP contribution >= 0.6 is 0 Å². The zero-order valence-electron chi connectivity index (χ0n) is 9.84. The number of hydrogen-bond donors (Lipinski definition) is 2. The summed E-state index contributed by atoms with van der Waals surface area (Å²) in [5.41, 5.74) is 1.10. The average Bonchev–Trinajstić information content (AvgIpc) is 2.30. The van der Waals surface area contributed by atoms with E-state index in [1.165, 1.54) is 0 Å². The third kappa shape index (κ3) is 2.81. The van der Waals surface area contributed by atoms with Crippen LogP contribution in [0.2, 0.25) is 0 Å². The molecule has 1 fully saturated rings. The minimum Gasteiger partial charge on any atom is -0.394 e. The van der Waals surface area contributed by atoms with Gasteiger partial charge >= 0.3 is 0 Å². The van der Waals surface area contributed by atoms with Gasteiger partial charge in [-0.05, 0) is 24.6 Å². The van der Waals surface area contributed by atoms with E-state index in [0.29, 0.717) is 6.54 Å². The Morgan fingerprint density at radius 3 is 2.88 bits per heavy atom. The van der Waals surface area contributed by atoms with Crippen LogP contribution in [-0.2, 0) is 11.3 Å². The van der Waals surface area contributed by atoms with Gasteiger partial charge in [0.25, 0.3) is 0 Å². The first-order valence-electron chi connectivity index (χ1n) is 5.75. The Labute approximate surface area is 100 Å². The van der Waals surface area contributed by atoms with E-state index in [9.17, 15) is 9.90 Å². The Bertz CT molecular complexity index is 383. The topological polar surface area (TPSA) is 65.5 Å². The minimum atomic E-state index is -0.445. The molecule has 0 spiro atoms. The zero-order valence-corrected chi connectivity index (χ0v) is 9.84. The van der Waals surface area contributed by atoms with Gasteiger partial charge in [0.1, 0.15) is 6.04 Å². The number of nitrogens with one attached hydrogen (secondary N) is 1. The lowest BCUT2D eigenvalue weighted by atomic mass is 10.1. The van der Waals surface area contributed by atoms with Crippen molar-refractivity contribution < 1.29 is 9.90 Å². The van der Waals surface area contributed by atoms with E-state index in [0.717, 1.165) is 12.1 Å². The Morgan fingerprint density at radius 1 is 1.53 bits per heavy atom. The number of amides is 1. The molecule has 1 saturated heterocycles. The molecule has 0 bridgehead atoms. The van der Waals surface area contributed by atoms with Gasteiger partial charge < -0.3 is 10.4 Å². The summed E-state index contributed by atoms with van der Waals surface area (Å²) >= 11 is 0. The number of pyridine rings is 1. The molecule has 2 rings (SSSR count). The van der Waals surface area contributed by atoms with E-state index in [1.54, 1.807) is 12.4 Å². The molecule has 5 heteroatoms. The summed E-state index contributed by atoms with van der Waals surface area (Å²) in [6.45, 7) is 3.22. The van der Waals surface area contributed by atoms with Crippen molar-refractivity contribution in [3.63, 3.8) is 0 Å². The lowest BCUT2D eigenvalue weighted by Gasteiger charge is -2.37. The van der Waals surface area contributed by atoms with Crippen molar-refractivity contribution in [1.82, 2.24) is 15.2 Å². The van der Waals surface area contributed by atoms with Crippen LogP contribution in [0, 0.1) is 0 Å². The molecule has 1 aromatic rings. The normalized spacial score (nSPS) is 25.6. The summed E-state index contributed by atoms with van der Waals surface area (Å²) in [6.07, 6.45) is 3.47. The molecule has 2 N–H and O–H groups in total. The molecule has 2 unspecified atom stereocenters. The predicted molar refractivity (Wildman–Crippen MR) is 63.1 cm³/mol. The lowest BCUT2D eigenvalue weighted by Crippen LogP contribution is -2.59. The van der Waals surface area contributed by atoms with Crippen LogP contribution in [0.25, 0.3) is 0 Å². The van der Waals surface area contributed by atoms with E-state index < -0.39 is 6.04 Å². The number of piperazine rings is 1. The summed E-state index contributed by atoms with van der Waals surface area (Å²) in [7, 11) is 0. The summed E-state index contributed by atoms with van der Waals surface area (Å²) in [6, 6.07) is 3.52. The monoisotopic (exact) mass is 235 g/mol. The van der Waals surface area contributed by atoms with Gasteiger partial charge in [-0.3, -0.25) is 14.7 Å². The minimum absolute atomic E-state index is 0.0969. The van der Waals surface area contributed by atoms with Crippen molar-refractivity contribution in [2.24, 2.45) is 0 Å². The Morgan fingerprint density at radius 2 is 2.24 bits per heavy atom. The van der Waals surface area contributed by atoms with Gasteiger partial charge in [-0.2, -0.15) is 0 Å². The maximum atomic E-state index is 11.7. The zero-order chi connectivity index (χ0) is 12.3. The van der Waals surface area contributed by atoms with Gasteiger partial charge in [-0.15, -0.1) is 0 Å². The molecule has 1 amide bonds. The van der Waals surface area contributed by atoms with Gasteiger partial charge in [0.05, 0.1) is 6.61 Å². The molecule has 92 valence electrons. The number of hydrogen-bond acceptors (Lipinski definition) is 4. The van der Waals surface area contributed by atoms with Crippen molar-refractivity contribution in [3.05, 3.63) is 30.1 Å². The van der Waals surface area contributed by atoms with E-state index >= 15 is 0 Å². The molecule has 2 atom stereocenters. The maximum absolute atomic E-state index is 11.7. The molecule has 0 aliphatic carbocycles. The first kappa shape index (κ1) is 12.0. The number of carbonyl (C=O) groups is 1. The van der Waals surface area contributed by atoms with Crippen LogP contribution in [-0.4, -0.2) is 46.1 Å². The smallest absolute Gasteiger partial charge is 0.240 e. The van der Waals surface area contributed by atoms with Crippen molar-refractivity contribution in [2.75, 3.05) is 13.2 Å². The molecule has 17 heavy (non-hydrogen) atoms. The molecule has 0 aromatic carbocycles. The highest BCUT2D eigenvalue weighted by Gasteiger charge is 2.31. The molecule has 1 aromatic heterocycles. The number of carbonyl (C=O) groups excluding carboxylic acids is 1. The van der Waals surface area contributed by atoms with Gasteiger partial charge in [-0.25, -0.2) is 0 Å². The van der Waals surface area contributed by atoms with Gasteiger partial charge in [0, 0.05) is 31.5 Å². The van der Waals surface area contributed by atoms with Crippen molar-refractivity contribution in [3.8, 4) is 0 Å². The molecule has 1 aliphatic rings. The van der Waals surface area contributed by atoms with Crippen LogP contribution < -0.4 is 5.32 Å². The fraction of sp³-hybridized carbons (Fsp3) is 0.500. The largest absolute Gasteiger partial charge is 0.394 e. The first-order valence-corrected chi connectivity index (χ1v) is 5.75. The highest BCUT2D eigenvalue weighted by atomic mass is 16.3. The van der Waals surface area contributed by atoms with Gasteiger partial charge in [-0.1, -0.05) is 0 Å². The molecular weight excluding hydrogens is 218 g/mol. The quantitative estimate of drug-likeness (QED) is 0.759. The fourth-order valence-corrected chi connectivity index (χ4v) is 2.13. The Hall–Kier alpha value is -1.46. The maximum Gasteiger partial charge on any atom is 0.240 e. The second kappa shape index (κ2) is 5.25. The second-order valence-corrected chi connectivity index (χ2v) is 4.39. The highest BCUT2D eigenvalue weighted by Crippen LogP contribution is 2.12. The molecule has 5 nitrogen and oxygen atoms in total. The first-order chi connectivity index (χ1) is 8.20. The summed E-state index contributed by atoms with van der Waals surface area (Å²) in [4.78, 5) is 17.7. The molecule has 0 saturated carbocycles. The summed E-state index contributed by atoms with van der Waals surface area (Å²) in [5.74, 6) is -0.0969. The number of rotatable bonds is 3. The second-order valence-electron chi connectivity index (χ2n) is 4.39. The van der Waals surface area contributed by atoms with E-state index in [-0.39, 0.29) is 18.6 Å². The molecule has 1 aliphatic heterocycles. The number of aromatic nitrogens is 1. The van der Waals surface area contributed by atoms with Gasteiger partial charge in [0.15, 0.2) is 0 Å².